The van der Waals surface area contributed by atoms with Gasteiger partial charge in [0.25, 0.3) is 20.2 Å². The maximum atomic E-state index is 12.3. The molecule has 1 fully saturated rings. The van der Waals surface area contributed by atoms with Crippen LogP contribution in [-0.2, 0) is 38.2 Å². The van der Waals surface area contributed by atoms with Crippen molar-refractivity contribution in [2.75, 3.05) is 51.9 Å². The lowest BCUT2D eigenvalue weighted by atomic mass is 10.1. The van der Waals surface area contributed by atoms with Gasteiger partial charge < -0.3 is 9.80 Å². The van der Waals surface area contributed by atoms with E-state index in [9.17, 15) is 26.4 Å². The second-order valence-corrected chi connectivity index (χ2v) is 9.72. The molecule has 12 heteroatoms. The van der Waals surface area contributed by atoms with Crippen molar-refractivity contribution in [3.05, 3.63) is 0 Å². The number of carbonyl (C=O) groups is 2. The fraction of sp³-hybridized carbons (Fsp3) is 0.857. The fourth-order valence-electron chi connectivity index (χ4n) is 2.36. The second kappa shape index (κ2) is 9.11. The van der Waals surface area contributed by atoms with Gasteiger partial charge in [-0.1, -0.05) is 13.8 Å². The summed E-state index contributed by atoms with van der Waals surface area (Å²) in [6.07, 6.45) is 1.84. The van der Waals surface area contributed by atoms with Gasteiger partial charge in [0.05, 0.1) is 37.6 Å². The summed E-state index contributed by atoms with van der Waals surface area (Å²) in [4.78, 5) is 27.7. The smallest absolute Gasteiger partial charge is 0.264 e. The Bertz CT molecular complexity index is 649. The molecule has 1 saturated heterocycles. The molecule has 1 aliphatic heterocycles. The van der Waals surface area contributed by atoms with Gasteiger partial charge >= 0.3 is 0 Å². The Hall–Kier alpha value is -1.24. The minimum Gasteiger partial charge on any atom is -0.339 e. The minimum atomic E-state index is -3.61. The average molecular weight is 415 g/mol. The van der Waals surface area contributed by atoms with E-state index in [1.54, 1.807) is 23.6 Å². The molecular weight excluding hydrogens is 388 g/mol. The Kier molecular flexibility index (Phi) is 7.99. The van der Waals surface area contributed by atoms with E-state index < -0.39 is 32.1 Å². The van der Waals surface area contributed by atoms with Gasteiger partial charge in [-0.3, -0.25) is 18.0 Å². The first-order valence-electron chi connectivity index (χ1n) is 8.06. The summed E-state index contributed by atoms with van der Waals surface area (Å²) in [7, 11) is -7.21. The lowest BCUT2D eigenvalue weighted by molar-refractivity contribution is -0.144. The molecule has 0 aromatic heterocycles. The standard InChI is InChI=1S/C14H26N2O8S2/c1-11(9-23-25(3,19)20)13(17)15-5-7-16(8-6-15)14(18)12(2)10-24-26(4,21)22/h11-12H,5-10H2,1-4H3. The first-order valence-corrected chi connectivity index (χ1v) is 11.7. The summed E-state index contributed by atoms with van der Waals surface area (Å²) in [5, 5.41) is 0. The van der Waals surface area contributed by atoms with Gasteiger partial charge in [0, 0.05) is 26.2 Å². The molecule has 0 bridgehead atoms. The summed E-state index contributed by atoms with van der Waals surface area (Å²) < 4.78 is 53.3. The van der Waals surface area contributed by atoms with E-state index in [1.807, 2.05) is 0 Å². The maximum Gasteiger partial charge on any atom is 0.264 e. The van der Waals surface area contributed by atoms with E-state index >= 15 is 0 Å². The fourth-order valence-corrected chi connectivity index (χ4v) is 3.27. The third-order valence-electron chi connectivity index (χ3n) is 3.81. The Labute approximate surface area is 154 Å². The Morgan fingerprint density at radius 3 is 1.27 bits per heavy atom. The number of amides is 2. The van der Waals surface area contributed by atoms with Crippen molar-refractivity contribution in [2.24, 2.45) is 11.8 Å². The maximum absolute atomic E-state index is 12.3. The molecule has 1 rings (SSSR count). The summed E-state index contributed by atoms with van der Waals surface area (Å²) in [5.41, 5.74) is 0. The van der Waals surface area contributed by atoms with Crippen LogP contribution < -0.4 is 0 Å². The van der Waals surface area contributed by atoms with E-state index in [1.165, 1.54) is 0 Å². The molecule has 10 nitrogen and oxygen atoms in total. The van der Waals surface area contributed by atoms with Crippen LogP contribution in [0.3, 0.4) is 0 Å². The van der Waals surface area contributed by atoms with Crippen molar-refractivity contribution in [1.82, 2.24) is 9.80 Å². The average Bonchev–Trinajstić information content (AvgIpc) is 2.55. The van der Waals surface area contributed by atoms with Crippen LogP contribution in [0.15, 0.2) is 0 Å². The molecule has 0 N–H and O–H groups in total. The molecule has 26 heavy (non-hydrogen) atoms. The first kappa shape index (κ1) is 22.8. The Morgan fingerprint density at radius 2 is 1.04 bits per heavy atom. The molecule has 152 valence electrons. The zero-order valence-corrected chi connectivity index (χ0v) is 17.0. The van der Waals surface area contributed by atoms with Crippen molar-refractivity contribution >= 4 is 32.1 Å². The Balaban J connectivity index is 2.48. The van der Waals surface area contributed by atoms with Gasteiger partial charge in [0.15, 0.2) is 0 Å². The largest absolute Gasteiger partial charge is 0.339 e. The highest BCUT2D eigenvalue weighted by molar-refractivity contribution is 7.86. The number of hydrogen-bond donors (Lipinski definition) is 0. The van der Waals surface area contributed by atoms with Crippen molar-refractivity contribution in [3.8, 4) is 0 Å². The quantitative estimate of drug-likeness (QED) is 0.457. The molecule has 0 aromatic rings. The summed E-state index contributed by atoms with van der Waals surface area (Å²) in [6, 6.07) is 0. The zero-order valence-electron chi connectivity index (χ0n) is 15.4. The summed E-state index contributed by atoms with van der Waals surface area (Å²) in [5.74, 6) is -1.72. The SMILES string of the molecule is CC(COS(C)(=O)=O)C(=O)N1CCN(C(=O)C(C)COS(C)(=O)=O)CC1. The van der Waals surface area contributed by atoms with Gasteiger partial charge in [-0.05, 0) is 0 Å². The normalized spacial score (nSPS) is 18.5. The minimum absolute atomic E-state index is 0.226. The van der Waals surface area contributed by atoms with Crippen LogP contribution in [0, 0.1) is 11.8 Å². The highest BCUT2D eigenvalue weighted by atomic mass is 32.2. The number of carbonyl (C=O) groups excluding carboxylic acids is 2. The Morgan fingerprint density at radius 1 is 0.769 bits per heavy atom. The second-order valence-electron chi connectivity index (χ2n) is 6.43. The summed E-state index contributed by atoms with van der Waals surface area (Å²) >= 11 is 0. The van der Waals surface area contributed by atoms with E-state index in [2.05, 4.69) is 8.37 Å². The molecule has 0 spiro atoms. The van der Waals surface area contributed by atoms with E-state index in [0.717, 1.165) is 12.5 Å². The zero-order chi connectivity index (χ0) is 20.1. The van der Waals surface area contributed by atoms with Crippen molar-refractivity contribution in [1.29, 1.82) is 0 Å². The number of piperazine rings is 1. The van der Waals surface area contributed by atoms with Gasteiger partial charge in [-0.25, -0.2) is 0 Å². The van der Waals surface area contributed by atoms with E-state index in [4.69, 9.17) is 0 Å². The van der Waals surface area contributed by atoms with E-state index in [-0.39, 0.29) is 25.0 Å². The monoisotopic (exact) mass is 414 g/mol. The molecule has 0 aliphatic carbocycles. The molecule has 2 amide bonds. The van der Waals surface area contributed by atoms with Crippen LogP contribution in [-0.4, -0.2) is 90.4 Å². The predicted molar refractivity (Wildman–Crippen MR) is 93.1 cm³/mol. The highest BCUT2D eigenvalue weighted by Gasteiger charge is 2.29. The highest BCUT2D eigenvalue weighted by Crippen LogP contribution is 2.12. The van der Waals surface area contributed by atoms with Gasteiger partial charge in [-0.2, -0.15) is 16.8 Å². The van der Waals surface area contributed by atoms with Crippen LogP contribution >= 0.6 is 0 Å². The lowest BCUT2D eigenvalue weighted by Crippen LogP contribution is -2.53. The molecular formula is C14H26N2O8S2. The molecule has 0 radical (unpaired) electrons. The molecule has 2 unspecified atom stereocenters. The molecule has 0 saturated carbocycles. The third-order valence-corrected chi connectivity index (χ3v) is 4.94. The number of hydrogen-bond acceptors (Lipinski definition) is 8. The lowest BCUT2D eigenvalue weighted by Gasteiger charge is -2.36. The molecule has 0 aromatic carbocycles. The number of nitrogens with zero attached hydrogens (tertiary/aromatic N) is 2. The molecule has 2 atom stereocenters. The van der Waals surface area contributed by atoms with Gasteiger partial charge in [0.2, 0.25) is 11.8 Å². The van der Waals surface area contributed by atoms with Crippen LogP contribution in [0.2, 0.25) is 0 Å². The number of rotatable bonds is 8. The predicted octanol–water partition coefficient (Wildman–Crippen LogP) is -1.12. The summed E-state index contributed by atoms with van der Waals surface area (Å²) in [6.45, 7) is 3.96. The van der Waals surface area contributed by atoms with Gasteiger partial charge in [-0.15, -0.1) is 0 Å². The van der Waals surface area contributed by atoms with Crippen molar-refractivity contribution in [3.63, 3.8) is 0 Å². The van der Waals surface area contributed by atoms with Gasteiger partial charge in [0.1, 0.15) is 0 Å². The third kappa shape index (κ3) is 7.98. The molecule has 1 heterocycles. The van der Waals surface area contributed by atoms with Crippen LogP contribution in [0.5, 0.6) is 0 Å². The first-order chi connectivity index (χ1) is 11.8. The van der Waals surface area contributed by atoms with Crippen LogP contribution in [0.25, 0.3) is 0 Å². The topological polar surface area (TPSA) is 127 Å². The van der Waals surface area contributed by atoms with E-state index in [0.29, 0.717) is 26.2 Å². The molecule has 1 aliphatic rings. The van der Waals surface area contributed by atoms with Crippen molar-refractivity contribution in [2.45, 2.75) is 13.8 Å². The van der Waals surface area contributed by atoms with Crippen LogP contribution in [0.4, 0.5) is 0 Å². The van der Waals surface area contributed by atoms with Crippen LogP contribution in [0.1, 0.15) is 13.8 Å². The van der Waals surface area contributed by atoms with Crippen molar-refractivity contribution < 1.29 is 34.8 Å².